The van der Waals surface area contributed by atoms with Crippen LogP contribution in [0.3, 0.4) is 0 Å². The second-order valence-electron chi connectivity index (χ2n) is 3.18. The van der Waals surface area contributed by atoms with Gasteiger partial charge in [0.25, 0.3) is 5.91 Å². The number of pyridine rings is 1. The zero-order valence-electron chi connectivity index (χ0n) is 8.66. The Labute approximate surface area is 103 Å². The average Bonchev–Trinajstić information content (AvgIpc) is 2.18. The van der Waals surface area contributed by atoms with Crippen LogP contribution < -0.4 is 5.32 Å². The van der Waals surface area contributed by atoms with Crippen LogP contribution in [-0.2, 0) is 4.74 Å². The summed E-state index contributed by atoms with van der Waals surface area (Å²) in [5, 5.41) is 2.79. The summed E-state index contributed by atoms with van der Waals surface area (Å²) in [6.07, 6.45) is 0. The maximum atomic E-state index is 11.6. The highest BCUT2D eigenvalue weighted by Gasteiger charge is 2.10. The Hall–Kier alpha value is -0.690. The van der Waals surface area contributed by atoms with Crippen LogP contribution in [0.25, 0.3) is 0 Å². The molecule has 0 aliphatic heterocycles. The molecule has 1 aromatic rings. The molecule has 0 saturated heterocycles. The zero-order valence-corrected chi connectivity index (χ0v) is 10.8. The number of carbonyl (C=O) groups excluding carboxylic acids is 1. The molecule has 1 N–H and O–H groups in total. The largest absolute Gasteiger partial charge is 0.383 e. The molecule has 5 heteroatoms. The third kappa shape index (κ3) is 4.13. The smallest absolute Gasteiger partial charge is 0.270 e. The molecule has 1 aromatic heterocycles. The standard InChI is InChI=1S/C10H13IN2O2/c1-7(6-15-2)12-10(14)8-4-3-5-9(11)13-8/h3-5,7H,6H2,1-2H3,(H,12,14). The Morgan fingerprint density at radius 3 is 3.00 bits per heavy atom. The fraction of sp³-hybridized carbons (Fsp3) is 0.400. The number of halogens is 1. The van der Waals surface area contributed by atoms with Crippen LogP contribution in [-0.4, -0.2) is 30.6 Å². The second kappa shape index (κ2) is 6.02. The minimum absolute atomic E-state index is 0.0119. The van der Waals surface area contributed by atoms with Crippen molar-refractivity contribution in [1.29, 1.82) is 0 Å². The number of nitrogens with one attached hydrogen (secondary N) is 1. The summed E-state index contributed by atoms with van der Waals surface area (Å²) in [4.78, 5) is 15.8. The van der Waals surface area contributed by atoms with E-state index in [1.807, 2.05) is 19.1 Å². The summed E-state index contributed by atoms with van der Waals surface area (Å²) in [6, 6.07) is 5.33. The molecule has 4 nitrogen and oxygen atoms in total. The predicted octanol–water partition coefficient (Wildman–Crippen LogP) is 1.45. The first-order valence-electron chi connectivity index (χ1n) is 4.56. The van der Waals surface area contributed by atoms with Gasteiger partial charge in [-0.3, -0.25) is 4.79 Å². The first-order valence-corrected chi connectivity index (χ1v) is 5.63. The minimum Gasteiger partial charge on any atom is -0.383 e. The van der Waals surface area contributed by atoms with Gasteiger partial charge >= 0.3 is 0 Å². The van der Waals surface area contributed by atoms with Crippen LogP contribution in [0.2, 0.25) is 0 Å². The summed E-state index contributed by atoms with van der Waals surface area (Å²) in [5.41, 5.74) is 0.435. The van der Waals surface area contributed by atoms with Crippen molar-refractivity contribution in [1.82, 2.24) is 10.3 Å². The van der Waals surface area contributed by atoms with Gasteiger partial charge < -0.3 is 10.1 Å². The molecule has 1 rings (SSSR count). The van der Waals surface area contributed by atoms with Gasteiger partial charge in [0, 0.05) is 13.2 Å². The normalized spacial score (nSPS) is 12.2. The number of methoxy groups -OCH3 is 1. The van der Waals surface area contributed by atoms with Crippen molar-refractivity contribution in [2.24, 2.45) is 0 Å². The monoisotopic (exact) mass is 320 g/mol. The van der Waals surface area contributed by atoms with Crippen molar-refractivity contribution in [2.75, 3.05) is 13.7 Å². The lowest BCUT2D eigenvalue weighted by Gasteiger charge is -2.12. The summed E-state index contributed by atoms with van der Waals surface area (Å²) < 4.78 is 5.73. The predicted molar refractivity (Wildman–Crippen MR) is 65.8 cm³/mol. The van der Waals surface area contributed by atoms with E-state index in [4.69, 9.17) is 4.74 Å². The van der Waals surface area contributed by atoms with E-state index in [1.165, 1.54) is 0 Å². The van der Waals surface area contributed by atoms with Gasteiger partial charge in [-0.25, -0.2) is 4.98 Å². The first kappa shape index (κ1) is 12.4. The number of rotatable bonds is 4. The van der Waals surface area contributed by atoms with Gasteiger partial charge in [-0.2, -0.15) is 0 Å². The molecule has 0 saturated carbocycles. The molecule has 0 aliphatic rings. The summed E-state index contributed by atoms with van der Waals surface area (Å²) >= 11 is 2.07. The summed E-state index contributed by atoms with van der Waals surface area (Å²) in [7, 11) is 1.60. The Morgan fingerprint density at radius 2 is 2.40 bits per heavy atom. The third-order valence-electron chi connectivity index (χ3n) is 1.74. The van der Waals surface area contributed by atoms with E-state index in [9.17, 15) is 4.79 Å². The third-order valence-corrected chi connectivity index (χ3v) is 2.34. The number of ether oxygens (including phenoxy) is 1. The van der Waals surface area contributed by atoms with E-state index >= 15 is 0 Å². The maximum Gasteiger partial charge on any atom is 0.270 e. The van der Waals surface area contributed by atoms with Crippen LogP contribution in [0.1, 0.15) is 17.4 Å². The second-order valence-corrected chi connectivity index (χ2v) is 4.28. The van der Waals surface area contributed by atoms with Gasteiger partial charge in [-0.05, 0) is 41.6 Å². The molecule has 0 bridgehead atoms. The molecular weight excluding hydrogens is 307 g/mol. The number of amides is 1. The first-order chi connectivity index (χ1) is 7.13. The SMILES string of the molecule is COCC(C)NC(=O)c1cccc(I)n1. The Kier molecular flexibility index (Phi) is 4.97. The molecule has 1 atom stereocenters. The van der Waals surface area contributed by atoms with Gasteiger partial charge in [-0.1, -0.05) is 6.07 Å². The molecule has 0 spiro atoms. The minimum atomic E-state index is -0.168. The fourth-order valence-electron chi connectivity index (χ4n) is 1.12. The number of nitrogens with zero attached hydrogens (tertiary/aromatic N) is 1. The lowest BCUT2D eigenvalue weighted by molar-refractivity contribution is 0.0900. The lowest BCUT2D eigenvalue weighted by Crippen LogP contribution is -2.36. The molecule has 0 aromatic carbocycles. The highest BCUT2D eigenvalue weighted by atomic mass is 127. The lowest BCUT2D eigenvalue weighted by atomic mass is 10.3. The molecule has 1 amide bonds. The Balaban J connectivity index is 2.61. The van der Waals surface area contributed by atoms with E-state index in [0.717, 1.165) is 3.70 Å². The van der Waals surface area contributed by atoms with Crippen LogP contribution in [0.15, 0.2) is 18.2 Å². The zero-order chi connectivity index (χ0) is 11.3. The Morgan fingerprint density at radius 1 is 1.67 bits per heavy atom. The number of aromatic nitrogens is 1. The van der Waals surface area contributed by atoms with Crippen LogP contribution in [0.4, 0.5) is 0 Å². The van der Waals surface area contributed by atoms with Crippen LogP contribution >= 0.6 is 22.6 Å². The van der Waals surface area contributed by atoms with E-state index in [1.54, 1.807) is 13.2 Å². The molecule has 82 valence electrons. The highest BCUT2D eigenvalue weighted by Crippen LogP contribution is 2.02. The molecular formula is C10H13IN2O2. The van der Waals surface area contributed by atoms with Crippen LogP contribution in [0.5, 0.6) is 0 Å². The van der Waals surface area contributed by atoms with Gasteiger partial charge in [0.2, 0.25) is 0 Å². The van der Waals surface area contributed by atoms with Gasteiger partial charge in [0.15, 0.2) is 0 Å². The van der Waals surface area contributed by atoms with E-state index < -0.39 is 0 Å². The molecule has 15 heavy (non-hydrogen) atoms. The Bertz CT molecular complexity index is 344. The fourth-order valence-corrected chi connectivity index (χ4v) is 1.59. The van der Waals surface area contributed by atoms with Gasteiger partial charge in [0.05, 0.1) is 6.61 Å². The van der Waals surface area contributed by atoms with Crippen molar-refractivity contribution in [3.8, 4) is 0 Å². The molecule has 0 aliphatic carbocycles. The summed E-state index contributed by atoms with van der Waals surface area (Å²) in [6.45, 7) is 2.38. The topological polar surface area (TPSA) is 51.2 Å². The summed E-state index contributed by atoms with van der Waals surface area (Å²) in [5.74, 6) is -0.168. The van der Waals surface area contributed by atoms with Crippen molar-refractivity contribution < 1.29 is 9.53 Å². The van der Waals surface area contributed by atoms with Gasteiger partial charge in [-0.15, -0.1) is 0 Å². The van der Waals surface area contributed by atoms with Crippen molar-refractivity contribution in [2.45, 2.75) is 13.0 Å². The molecule has 1 heterocycles. The maximum absolute atomic E-state index is 11.6. The van der Waals surface area contributed by atoms with E-state index in [2.05, 4.69) is 32.9 Å². The molecule has 1 unspecified atom stereocenters. The number of hydrogen-bond acceptors (Lipinski definition) is 3. The number of hydrogen-bond donors (Lipinski definition) is 1. The molecule has 0 fully saturated rings. The van der Waals surface area contributed by atoms with Crippen LogP contribution in [0, 0.1) is 3.70 Å². The quantitative estimate of drug-likeness (QED) is 0.675. The van der Waals surface area contributed by atoms with Crippen molar-refractivity contribution in [3.05, 3.63) is 27.6 Å². The molecule has 0 radical (unpaired) electrons. The van der Waals surface area contributed by atoms with Crippen molar-refractivity contribution in [3.63, 3.8) is 0 Å². The number of carbonyl (C=O) groups is 1. The average molecular weight is 320 g/mol. The van der Waals surface area contributed by atoms with Crippen molar-refractivity contribution >= 4 is 28.5 Å². The van der Waals surface area contributed by atoms with E-state index in [-0.39, 0.29) is 11.9 Å². The van der Waals surface area contributed by atoms with E-state index in [0.29, 0.717) is 12.3 Å². The highest BCUT2D eigenvalue weighted by molar-refractivity contribution is 14.1. The van der Waals surface area contributed by atoms with Gasteiger partial charge in [0.1, 0.15) is 9.39 Å².